The smallest absolute Gasteiger partial charge is 0.0628 e. The number of likely N-dealkylation sites (N-methyl/N-ethyl adjacent to an activating group) is 2. The van der Waals surface area contributed by atoms with Crippen molar-refractivity contribution >= 4 is 0 Å². The van der Waals surface area contributed by atoms with Crippen molar-refractivity contribution in [2.75, 3.05) is 46.4 Å². The van der Waals surface area contributed by atoms with Crippen molar-refractivity contribution in [2.45, 2.75) is 44.7 Å². The molecule has 19 heavy (non-hydrogen) atoms. The van der Waals surface area contributed by atoms with E-state index in [-0.39, 0.29) is 17.7 Å². The summed E-state index contributed by atoms with van der Waals surface area (Å²) in [5.41, 5.74) is 0.163. The minimum atomic E-state index is -0.0687. The van der Waals surface area contributed by atoms with Crippen LogP contribution in [0.1, 0.15) is 33.6 Å². The van der Waals surface area contributed by atoms with Crippen molar-refractivity contribution in [1.82, 2.24) is 15.1 Å². The van der Waals surface area contributed by atoms with E-state index in [2.05, 4.69) is 42.9 Å². The van der Waals surface area contributed by atoms with Crippen LogP contribution < -0.4 is 5.32 Å². The predicted octanol–water partition coefficient (Wildman–Crippen LogP) is 0.763. The van der Waals surface area contributed by atoms with E-state index in [0.717, 1.165) is 32.7 Å². The molecule has 1 unspecified atom stereocenters. The fourth-order valence-corrected chi connectivity index (χ4v) is 3.43. The van der Waals surface area contributed by atoms with Crippen molar-refractivity contribution in [3.8, 4) is 0 Å². The van der Waals surface area contributed by atoms with Gasteiger partial charge in [-0.05, 0) is 46.2 Å². The molecule has 0 spiro atoms. The molecule has 1 saturated carbocycles. The standard InChI is InChI=1S/C15H31N3O/c1-5-16-15(12-19,13-6-7-13)11-18-9-8-17(4)14(2,3)10-18/h13,16,19H,5-12H2,1-4H3. The van der Waals surface area contributed by atoms with Crippen LogP contribution in [0.5, 0.6) is 0 Å². The summed E-state index contributed by atoms with van der Waals surface area (Å²) in [6, 6.07) is 0. The van der Waals surface area contributed by atoms with Crippen LogP contribution in [0.2, 0.25) is 0 Å². The Hall–Kier alpha value is -0.160. The maximum Gasteiger partial charge on any atom is 0.0628 e. The fraction of sp³-hybridized carbons (Fsp3) is 1.00. The summed E-state index contributed by atoms with van der Waals surface area (Å²) in [4.78, 5) is 4.98. The lowest BCUT2D eigenvalue weighted by Gasteiger charge is -2.48. The summed E-state index contributed by atoms with van der Waals surface area (Å²) in [6.45, 7) is 12.3. The molecule has 1 atom stereocenters. The number of aliphatic hydroxyl groups is 1. The maximum absolute atomic E-state index is 9.93. The minimum Gasteiger partial charge on any atom is -0.394 e. The second-order valence-corrected chi connectivity index (χ2v) is 7.06. The average Bonchev–Trinajstić information content (AvgIpc) is 3.17. The molecule has 2 rings (SSSR count). The Bertz CT molecular complexity index is 304. The largest absolute Gasteiger partial charge is 0.394 e. The number of hydrogen-bond acceptors (Lipinski definition) is 4. The van der Waals surface area contributed by atoms with Crippen LogP contribution in [0.25, 0.3) is 0 Å². The molecule has 2 fully saturated rings. The molecule has 112 valence electrons. The van der Waals surface area contributed by atoms with Gasteiger partial charge in [0.2, 0.25) is 0 Å². The number of aliphatic hydroxyl groups excluding tert-OH is 1. The molecule has 0 aromatic rings. The fourth-order valence-electron chi connectivity index (χ4n) is 3.43. The molecule has 4 heteroatoms. The summed E-state index contributed by atoms with van der Waals surface area (Å²) in [7, 11) is 2.21. The highest BCUT2D eigenvalue weighted by Crippen LogP contribution is 2.40. The van der Waals surface area contributed by atoms with Crippen molar-refractivity contribution in [1.29, 1.82) is 0 Å². The molecule has 2 aliphatic rings. The van der Waals surface area contributed by atoms with Crippen LogP contribution in [0.3, 0.4) is 0 Å². The van der Waals surface area contributed by atoms with Gasteiger partial charge in [-0.2, -0.15) is 0 Å². The Morgan fingerprint density at radius 1 is 1.32 bits per heavy atom. The summed E-state index contributed by atoms with van der Waals surface area (Å²) in [6.07, 6.45) is 2.54. The molecule has 0 radical (unpaired) electrons. The molecule has 0 bridgehead atoms. The quantitative estimate of drug-likeness (QED) is 0.747. The van der Waals surface area contributed by atoms with E-state index in [1.165, 1.54) is 12.8 Å². The second-order valence-electron chi connectivity index (χ2n) is 7.06. The van der Waals surface area contributed by atoms with Gasteiger partial charge >= 0.3 is 0 Å². The van der Waals surface area contributed by atoms with Crippen LogP contribution in [0.15, 0.2) is 0 Å². The molecular formula is C15H31N3O. The first-order chi connectivity index (χ1) is 8.93. The zero-order valence-electron chi connectivity index (χ0n) is 13.1. The third-order valence-corrected chi connectivity index (χ3v) is 5.07. The first kappa shape index (κ1) is 15.2. The zero-order chi connectivity index (χ0) is 14.1. The normalized spacial score (nSPS) is 28.3. The average molecular weight is 269 g/mol. The predicted molar refractivity (Wildman–Crippen MR) is 79.4 cm³/mol. The first-order valence-corrected chi connectivity index (χ1v) is 7.73. The van der Waals surface area contributed by atoms with Crippen LogP contribution in [0.4, 0.5) is 0 Å². The van der Waals surface area contributed by atoms with Gasteiger partial charge < -0.3 is 10.4 Å². The molecule has 1 heterocycles. The second kappa shape index (κ2) is 5.68. The van der Waals surface area contributed by atoms with E-state index in [1.807, 2.05) is 0 Å². The third-order valence-electron chi connectivity index (χ3n) is 5.07. The minimum absolute atomic E-state index is 0.0687. The zero-order valence-corrected chi connectivity index (χ0v) is 13.1. The van der Waals surface area contributed by atoms with Crippen LogP contribution in [0, 0.1) is 5.92 Å². The lowest BCUT2D eigenvalue weighted by Crippen LogP contribution is -2.64. The summed E-state index contributed by atoms with van der Waals surface area (Å²) >= 11 is 0. The number of hydrogen-bond donors (Lipinski definition) is 2. The molecule has 2 N–H and O–H groups in total. The summed E-state index contributed by atoms with van der Waals surface area (Å²) in [5.74, 6) is 0.667. The summed E-state index contributed by atoms with van der Waals surface area (Å²) in [5, 5.41) is 13.5. The van der Waals surface area contributed by atoms with Crippen LogP contribution in [-0.4, -0.2) is 72.4 Å². The Kier molecular flexibility index (Phi) is 4.56. The maximum atomic E-state index is 9.93. The molecule has 4 nitrogen and oxygen atoms in total. The molecule has 0 amide bonds. The molecule has 1 aliphatic heterocycles. The van der Waals surface area contributed by atoms with Crippen molar-refractivity contribution < 1.29 is 5.11 Å². The number of rotatable bonds is 6. The van der Waals surface area contributed by atoms with Crippen molar-refractivity contribution in [3.63, 3.8) is 0 Å². The summed E-state index contributed by atoms with van der Waals surface area (Å²) < 4.78 is 0. The monoisotopic (exact) mass is 269 g/mol. The molecule has 0 aromatic heterocycles. The van der Waals surface area contributed by atoms with E-state index in [9.17, 15) is 5.11 Å². The van der Waals surface area contributed by atoms with E-state index in [0.29, 0.717) is 5.92 Å². The first-order valence-electron chi connectivity index (χ1n) is 7.73. The van der Waals surface area contributed by atoms with E-state index in [4.69, 9.17) is 0 Å². The van der Waals surface area contributed by atoms with Gasteiger partial charge in [0.25, 0.3) is 0 Å². The van der Waals surface area contributed by atoms with Gasteiger partial charge in [0.15, 0.2) is 0 Å². The van der Waals surface area contributed by atoms with Gasteiger partial charge in [-0.15, -0.1) is 0 Å². The highest BCUT2D eigenvalue weighted by molar-refractivity contribution is 5.04. The number of nitrogens with zero attached hydrogens (tertiary/aromatic N) is 2. The van der Waals surface area contributed by atoms with Gasteiger partial charge in [-0.3, -0.25) is 9.80 Å². The third kappa shape index (κ3) is 3.30. The highest BCUT2D eigenvalue weighted by Gasteiger charge is 2.46. The van der Waals surface area contributed by atoms with Gasteiger partial charge in [0, 0.05) is 31.7 Å². The van der Waals surface area contributed by atoms with Gasteiger partial charge in [-0.25, -0.2) is 0 Å². The Labute approximate surface area is 118 Å². The molecule has 1 aliphatic carbocycles. The van der Waals surface area contributed by atoms with Crippen molar-refractivity contribution in [2.24, 2.45) is 5.92 Å². The van der Waals surface area contributed by atoms with Crippen LogP contribution in [-0.2, 0) is 0 Å². The number of piperazine rings is 1. The molecule has 0 aromatic carbocycles. The molecular weight excluding hydrogens is 238 g/mol. The highest BCUT2D eigenvalue weighted by atomic mass is 16.3. The van der Waals surface area contributed by atoms with E-state index < -0.39 is 0 Å². The van der Waals surface area contributed by atoms with Gasteiger partial charge in [0.1, 0.15) is 0 Å². The van der Waals surface area contributed by atoms with Gasteiger partial charge in [0.05, 0.1) is 12.1 Å². The van der Waals surface area contributed by atoms with Crippen LogP contribution >= 0.6 is 0 Å². The van der Waals surface area contributed by atoms with E-state index >= 15 is 0 Å². The lowest BCUT2D eigenvalue weighted by molar-refractivity contribution is 0.00937. The Morgan fingerprint density at radius 3 is 2.47 bits per heavy atom. The van der Waals surface area contributed by atoms with E-state index in [1.54, 1.807) is 0 Å². The Morgan fingerprint density at radius 2 is 2.00 bits per heavy atom. The molecule has 1 saturated heterocycles. The Balaban J connectivity index is 2.01. The van der Waals surface area contributed by atoms with Gasteiger partial charge in [-0.1, -0.05) is 6.92 Å². The van der Waals surface area contributed by atoms with Crippen molar-refractivity contribution in [3.05, 3.63) is 0 Å². The SMILES string of the molecule is CCNC(CO)(CN1CCN(C)C(C)(C)C1)C1CC1. The lowest BCUT2D eigenvalue weighted by atomic mass is 9.91. The topological polar surface area (TPSA) is 38.7 Å². The number of nitrogens with one attached hydrogen (secondary N) is 1.